The Balaban J connectivity index is 0.000000970. The standard InChI is InChI=1S/C24H43NS.C2H6.CH4/c1-4-17-16-19-21-11-10-18(8-7-15-26-25)23(21,2)14-12-22(19)24(3)13-6-5-9-20(17)24;1-2;/h17-22H,4-16,25H2,1-3H3;1-2H3;1H4/t17-,18?,19?,20?,21?,22?,23?,24?;;/m0../s1. The van der Waals surface area contributed by atoms with Crippen LogP contribution in [-0.4, -0.2) is 5.75 Å². The van der Waals surface area contributed by atoms with E-state index in [2.05, 4.69) is 20.8 Å². The third-order valence-electron chi connectivity index (χ3n) is 10.3. The average Bonchev–Trinajstić information content (AvgIpc) is 3.05. The third kappa shape index (κ3) is 4.46. The van der Waals surface area contributed by atoms with Crippen molar-refractivity contribution in [1.82, 2.24) is 0 Å². The van der Waals surface area contributed by atoms with Crippen molar-refractivity contribution in [2.24, 2.45) is 51.5 Å². The van der Waals surface area contributed by atoms with Crippen LogP contribution in [0.25, 0.3) is 0 Å². The molecule has 0 saturated heterocycles. The topological polar surface area (TPSA) is 26.0 Å². The smallest absolute Gasteiger partial charge is 0.00765 e. The van der Waals surface area contributed by atoms with Gasteiger partial charge in [-0.25, -0.2) is 0 Å². The molecule has 0 aromatic rings. The zero-order valence-corrected chi connectivity index (χ0v) is 20.5. The van der Waals surface area contributed by atoms with Crippen LogP contribution >= 0.6 is 11.9 Å². The molecular weight excluding hydrogens is 370 g/mol. The van der Waals surface area contributed by atoms with Gasteiger partial charge in [0, 0.05) is 5.75 Å². The van der Waals surface area contributed by atoms with Gasteiger partial charge in [0.1, 0.15) is 0 Å². The summed E-state index contributed by atoms with van der Waals surface area (Å²) >= 11 is 1.55. The second-order valence-corrected chi connectivity index (χ2v) is 11.7. The SMILES string of the molecule is C.CC.CC[C@H]1CC2C3CCC(CCCSN)C3(C)CCC2C2(C)CCCCC12. The molecule has 0 aromatic heterocycles. The summed E-state index contributed by atoms with van der Waals surface area (Å²) in [4.78, 5) is 0. The van der Waals surface area contributed by atoms with E-state index in [0.717, 1.165) is 41.3 Å². The first-order chi connectivity index (χ1) is 13.5. The zero-order valence-electron chi connectivity index (χ0n) is 19.6. The molecule has 4 saturated carbocycles. The summed E-state index contributed by atoms with van der Waals surface area (Å²) in [5, 5.41) is 5.69. The van der Waals surface area contributed by atoms with E-state index >= 15 is 0 Å². The molecule has 4 aliphatic carbocycles. The minimum absolute atomic E-state index is 0. The van der Waals surface area contributed by atoms with Crippen molar-refractivity contribution < 1.29 is 0 Å². The number of hydrogen-bond acceptors (Lipinski definition) is 2. The molecule has 0 heterocycles. The van der Waals surface area contributed by atoms with Crippen LogP contribution in [0, 0.1) is 46.3 Å². The van der Waals surface area contributed by atoms with E-state index < -0.39 is 0 Å². The van der Waals surface area contributed by atoms with Crippen molar-refractivity contribution in [3.05, 3.63) is 0 Å². The van der Waals surface area contributed by atoms with Crippen LogP contribution in [0.4, 0.5) is 0 Å². The van der Waals surface area contributed by atoms with E-state index in [1.54, 1.807) is 31.2 Å². The fourth-order valence-corrected chi connectivity index (χ4v) is 9.35. The second kappa shape index (κ2) is 10.8. The highest BCUT2D eigenvalue weighted by Gasteiger charge is 2.60. The Hall–Kier alpha value is 0.310. The first-order valence-corrected chi connectivity index (χ1v) is 13.9. The van der Waals surface area contributed by atoms with Gasteiger partial charge in [0.2, 0.25) is 0 Å². The highest BCUT2D eigenvalue weighted by molar-refractivity contribution is 7.97. The van der Waals surface area contributed by atoms with Gasteiger partial charge in [0.15, 0.2) is 0 Å². The van der Waals surface area contributed by atoms with Crippen LogP contribution in [0.3, 0.4) is 0 Å². The monoisotopic (exact) mass is 423 g/mol. The predicted octanol–water partition coefficient (Wildman–Crippen LogP) is 8.72. The number of nitrogens with two attached hydrogens (primary N) is 1. The summed E-state index contributed by atoms with van der Waals surface area (Å²) in [6, 6.07) is 0. The summed E-state index contributed by atoms with van der Waals surface area (Å²) < 4.78 is 0. The van der Waals surface area contributed by atoms with Crippen LogP contribution in [0.1, 0.15) is 119 Å². The summed E-state index contributed by atoms with van der Waals surface area (Å²) in [7, 11) is 0. The summed E-state index contributed by atoms with van der Waals surface area (Å²) in [5.41, 5.74) is 1.33. The molecule has 4 aliphatic rings. The van der Waals surface area contributed by atoms with Gasteiger partial charge in [-0.05, 0) is 104 Å². The van der Waals surface area contributed by atoms with Crippen LogP contribution in [0.15, 0.2) is 0 Å². The molecule has 2 heteroatoms. The Labute approximate surface area is 188 Å². The number of rotatable bonds is 5. The van der Waals surface area contributed by atoms with E-state index in [1.165, 1.54) is 57.8 Å². The summed E-state index contributed by atoms with van der Waals surface area (Å²) in [5.74, 6) is 7.34. The van der Waals surface area contributed by atoms with Gasteiger partial charge in [0.05, 0.1) is 0 Å². The minimum atomic E-state index is 0. The highest BCUT2D eigenvalue weighted by atomic mass is 32.2. The van der Waals surface area contributed by atoms with Crippen molar-refractivity contribution in [1.29, 1.82) is 0 Å². The molecule has 0 bridgehead atoms. The Bertz CT molecular complexity index is 493. The maximum Gasteiger partial charge on any atom is 0.00765 e. The second-order valence-electron chi connectivity index (χ2n) is 11.0. The fourth-order valence-electron chi connectivity index (χ4n) is 9.02. The summed E-state index contributed by atoms with van der Waals surface area (Å²) in [6.07, 6.45) is 18.0. The van der Waals surface area contributed by atoms with E-state index in [9.17, 15) is 0 Å². The predicted molar refractivity (Wildman–Crippen MR) is 133 cm³/mol. The van der Waals surface area contributed by atoms with Crippen molar-refractivity contribution >= 4 is 11.9 Å². The lowest BCUT2D eigenvalue weighted by atomic mass is 9.42. The zero-order chi connectivity index (χ0) is 20.4. The van der Waals surface area contributed by atoms with Gasteiger partial charge in [-0.3, -0.25) is 5.14 Å². The van der Waals surface area contributed by atoms with E-state index in [0.29, 0.717) is 10.8 Å². The Morgan fingerprint density at radius 2 is 1.62 bits per heavy atom. The lowest BCUT2D eigenvalue weighted by Crippen LogP contribution is -2.55. The lowest BCUT2D eigenvalue weighted by molar-refractivity contribution is -0.135. The maximum absolute atomic E-state index is 5.69. The molecule has 0 spiro atoms. The van der Waals surface area contributed by atoms with Crippen LogP contribution in [-0.2, 0) is 0 Å². The van der Waals surface area contributed by atoms with Gasteiger partial charge in [0.25, 0.3) is 0 Å². The lowest BCUT2D eigenvalue weighted by Gasteiger charge is -2.62. The molecular formula is C27H53NS. The van der Waals surface area contributed by atoms with Crippen LogP contribution in [0.5, 0.6) is 0 Å². The Morgan fingerprint density at radius 1 is 0.897 bits per heavy atom. The van der Waals surface area contributed by atoms with Gasteiger partial charge in [-0.1, -0.05) is 73.3 Å². The quantitative estimate of drug-likeness (QED) is 0.353. The molecule has 0 amide bonds. The molecule has 8 atom stereocenters. The molecule has 4 rings (SSSR count). The normalized spacial score (nSPS) is 45.7. The van der Waals surface area contributed by atoms with Crippen molar-refractivity contribution in [3.8, 4) is 0 Å². The maximum atomic E-state index is 5.69. The van der Waals surface area contributed by atoms with E-state index in [1.807, 2.05) is 13.8 Å². The number of fused-ring (bicyclic) bond motifs is 5. The first-order valence-electron chi connectivity index (χ1n) is 12.9. The van der Waals surface area contributed by atoms with Gasteiger partial charge < -0.3 is 0 Å². The number of hydrogen-bond donors (Lipinski definition) is 1. The largest absolute Gasteiger partial charge is 0.278 e. The average molecular weight is 424 g/mol. The molecule has 1 nitrogen and oxygen atoms in total. The minimum Gasteiger partial charge on any atom is -0.278 e. The Kier molecular flexibility index (Phi) is 9.48. The van der Waals surface area contributed by atoms with Crippen molar-refractivity contribution in [3.63, 3.8) is 0 Å². The molecule has 172 valence electrons. The van der Waals surface area contributed by atoms with Gasteiger partial charge >= 0.3 is 0 Å². The molecule has 0 aliphatic heterocycles. The van der Waals surface area contributed by atoms with Crippen LogP contribution in [0.2, 0.25) is 0 Å². The molecule has 7 unspecified atom stereocenters. The molecule has 0 aromatic carbocycles. The van der Waals surface area contributed by atoms with E-state index in [4.69, 9.17) is 5.14 Å². The van der Waals surface area contributed by atoms with E-state index in [-0.39, 0.29) is 7.43 Å². The van der Waals surface area contributed by atoms with Crippen molar-refractivity contribution in [2.75, 3.05) is 5.75 Å². The highest BCUT2D eigenvalue weighted by Crippen LogP contribution is 2.69. The molecule has 0 radical (unpaired) electrons. The third-order valence-corrected chi connectivity index (χ3v) is 10.8. The fraction of sp³-hybridized carbons (Fsp3) is 1.00. The van der Waals surface area contributed by atoms with Gasteiger partial charge in [-0.15, -0.1) is 0 Å². The summed E-state index contributed by atoms with van der Waals surface area (Å²) in [6.45, 7) is 11.9. The molecule has 2 N–H and O–H groups in total. The molecule has 29 heavy (non-hydrogen) atoms. The van der Waals surface area contributed by atoms with Crippen molar-refractivity contribution in [2.45, 2.75) is 119 Å². The first kappa shape index (κ1) is 25.6. The molecule has 4 fully saturated rings. The van der Waals surface area contributed by atoms with Crippen LogP contribution < -0.4 is 5.14 Å². The van der Waals surface area contributed by atoms with Gasteiger partial charge in [-0.2, -0.15) is 0 Å². The Morgan fingerprint density at radius 3 is 2.31 bits per heavy atom.